The molecule has 0 bridgehead atoms. The van der Waals surface area contributed by atoms with E-state index in [2.05, 4.69) is 16.5 Å². The average molecular weight is 284 g/mol. The van der Waals surface area contributed by atoms with E-state index in [4.69, 9.17) is 4.74 Å². The normalized spacial score (nSPS) is 11.7. The van der Waals surface area contributed by atoms with Gasteiger partial charge in [0, 0.05) is 23.5 Å². The first kappa shape index (κ1) is 14.9. The van der Waals surface area contributed by atoms with E-state index >= 15 is 0 Å². The molecule has 2 aromatic rings. The third-order valence-electron chi connectivity index (χ3n) is 2.87. The highest BCUT2D eigenvalue weighted by atomic mass is 16.5. The van der Waals surface area contributed by atoms with Gasteiger partial charge in [-0.1, -0.05) is 30.9 Å². The molecule has 2 rings (SSSR count). The molecule has 108 valence electrons. The molecule has 21 heavy (non-hydrogen) atoms. The molecule has 0 aliphatic rings. The first-order chi connectivity index (χ1) is 10.1. The molecule has 0 fully saturated rings. The number of nitrogens with zero attached hydrogens (tertiary/aromatic N) is 2. The van der Waals surface area contributed by atoms with Crippen LogP contribution in [0.15, 0.2) is 49.3 Å². The molecule has 1 aromatic heterocycles. The van der Waals surface area contributed by atoms with Crippen LogP contribution in [0.4, 0.5) is 0 Å². The van der Waals surface area contributed by atoms with Crippen LogP contribution in [0.5, 0.6) is 0 Å². The Bertz CT molecular complexity index is 636. The summed E-state index contributed by atoms with van der Waals surface area (Å²) < 4.78 is 5.05. The van der Waals surface area contributed by atoms with E-state index in [-0.39, 0.29) is 6.61 Å². The molecule has 0 aliphatic heterocycles. The first-order valence-electron chi connectivity index (χ1n) is 6.51. The molecule has 5 heteroatoms. The van der Waals surface area contributed by atoms with Crippen molar-refractivity contribution >= 4 is 5.97 Å². The number of carbonyl (C=O) groups excluding carboxylic acids is 1. The summed E-state index contributed by atoms with van der Waals surface area (Å²) >= 11 is 0. The van der Waals surface area contributed by atoms with E-state index in [1.807, 2.05) is 0 Å². The summed E-state index contributed by atoms with van der Waals surface area (Å²) in [6.45, 7) is 5.29. The van der Waals surface area contributed by atoms with Crippen molar-refractivity contribution in [2.45, 2.75) is 13.0 Å². The molecule has 1 unspecified atom stereocenters. The van der Waals surface area contributed by atoms with Gasteiger partial charge >= 0.3 is 5.97 Å². The second-order valence-electron chi connectivity index (χ2n) is 4.45. The number of esters is 1. The number of aromatic nitrogens is 2. The number of rotatable bonds is 5. The molecule has 1 aromatic carbocycles. The van der Waals surface area contributed by atoms with E-state index in [0.29, 0.717) is 22.5 Å². The van der Waals surface area contributed by atoms with Gasteiger partial charge in [0.05, 0.1) is 11.7 Å². The molecule has 0 saturated carbocycles. The first-order valence-corrected chi connectivity index (χ1v) is 6.51. The third kappa shape index (κ3) is 3.52. The van der Waals surface area contributed by atoms with Crippen LogP contribution >= 0.6 is 0 Å². The molecule has 1 heterocycles. The van der Waals surface area contributed by atoms with Crippen molar-refractivity contribution in [1.29, 1.82) is 0 Å². The van der Waals surface area contributed by atoms with Gasteiger partial charge in [-0.05, 0) is 13.0 Å². The van der Waals surface area contributed by atoms with Gasteiger partial charge in [0.1, 0.15) is 6.61 Å². The van der Waals surface area contributed by atoms with Gasteiger partial charge in [-0.15, -0.1) is 0 Å². The maximum Gasteiger partial charge on any atom is 0.339 e. The van der Waals surface area contributed by atoms with Gasteiger partial charge in [-0.3, -0.25) is 0 Å². The standard InChI is InChI=1S/C16H16N2O3/c1-3-8-21-16(20)14-7-5-4-6-13(14)15-17-9-12(10-18-15)11(2)19/h3-7,9-11,19H,1,8H2,2H3. The number of aliphatic hydroxyl groups excluding tert-OH is 1. The highest BCUT2D eigenvalue weighted by molar-refractivity contribution is 5.96. The molecular formula is C16H16N2O3. The van der Waals surface area contributed by atoms with Gasteiger partial charge in [-0.2, -0.15) is 0 Å². The van der Waals surface area contributed by atoms with Crippen molar-refractivity contribution in [2.24, 2.45) is 0 Å². The van der Waals surface area contributed by atoms with Crippen LogP contribution in [-0.4, -0.2) is 27.7 Å². The zero-order valence-corrected chi connectivity index (χ0v) is 11.7. The fourth-order valence-electron chi connectivity index (χ4n) is 1.76. The summed E-state index contributed by atoms with van der Waals surface area (Å²) in [6.07, 6.45) is 3.96. The number of hydrogen-bond acceptors (Lipinski definition) is 5. The smallest absolute Gasteiger partial charge is 0.339 e. The molecule has 1 N–H and O–H groups in total. The topological polar surface area (TPSA) is 72.3 Å². The maximum absolute atomic E-state index is 12.0. The Morgan fingerprint density at radius 1 is 1.38 bits per heavy atom. The quantitative estimate of drug-likeness (QED) is 0.674. The minimum atomic E-state index is -0.633. The molecule has 0 amide bonds. The van der Waals surface area contributed by atoms with E-state index < -0.39 is 12.1 Å². The van der Waals surface area contributed by atoms with Gasteiger partial charge in [-0.25, -0.2) is 14.8 Å². The molecule has 0 spiro atoms. The number of hydrogen-bond donors (Lipinski definition) is 1. The van der Waals surface area contributed by atoms with Crippen LogP contribution in [0.1, 0.15) is 28.9 Å². The summed E-state index contributed by atoms with van der Waals surface area (Å²) in [5.41, 5.74) is 1.60. The van der Waals surface area contributed by atoms with Crippen LogP contribution in [0, 0.1) is 0 Å². The van der Waals surface area contributed by atoms with Crippen LogP contribution in [-0.2, 0) is 4.74 Å². The molecule has 0 aliphatic carbocycles. The van der Waals surface area contributed by atoms with Crippen molar-refractivity contribution in [3.63, 3.8) is 0 Å². The molecule has 5 nitrogen and oxygen atoms in total. The lowest BCUT2D eigenvalue weighted by Crippen LogP contribution is -2.07. The predicted octanol–water partition coefficient (Wildman–Crippen LogP) is 2.54. The highest BCUT2D eigenvalue weighted by Gasteiger charge is 2.15. The van der Waals surface area contributed by atoms with E-state index in [9.17, 15) is 9.90 Å². The Balaban J connectivity index is 2.35. The van der Waals surface area contributed by atoms with Gasteiger partial charge in [0.2, 0.25) is 0 Å². The number of carbonyl (C=O) groups is 1. The van der Waals surface area contributed by atoms with Gasteiger partial charge in [0.15, 0.2) is 5.82 Å². The van der Waals surface area contributed by atoms with E-state index in [1.54, 1.807) is 43.6 Å². The second kappa shape index (κ2) is 6.76. The van der Waals surface area contributed by atoms with Crippen molar-refractivity contribution in [3.05, 3.63) is 60.4 Å². The zero-order chi connectivity index (χ0) is 15.2. The monoisotopic (exact) mass is 284 g/mol. The Kier molecular flexibility index (Phi) is 4.79. The number of ether oxygens (including phenoxy) is 1. The third-order valence-corrected chi connectivity index (χ3v) is 2.87. The van der Waals surface area contributed by atoms with Crippen LogP contribution < -0.4 is 0 Å². The fourth-order valence-corrected chi connectivity index (χ4v) is 1.76. The van der Waals surface area contributed by atoms with E-state index in [0.717, 1.165) is 0 Å². The summed E-state index contributed by atoms with van der Waals surface area (Å²) in [7, 11) is 0. The summed E-state index contributed by atoms with van der Waals surface area (Å²) in [4.78, 5) is 20.4. The van der Waals surface area contributed by atoms with E-state index in [1.165, 1.54) is 6.08 Å². The largest absolute Gasteiger partial charge is 0.458 e. The summed E-state index contributed by atoms with van der Waals surface area (Å²) in [5.74, 6) is -0.0424. The molecule has 0 radical (unpaired) electrons. The number of benzene rings is 1. The van der Waals surface area contributed by atoms with Crippen LogP contribution in [0.25, 0.3) is 11.4 Å². The van der Waals surface area contributed by atoms with Gasteiger partial charge in [0.25, 0.3) is 0 Å². The second-order valence-corrected chi connectivity index (χ2v) is 4.45. The molecular weight excluding hydrogens is 268 g/mol. The fraction of sp³-hybridized carbons (Fsp3) is 0.188. The number of aliphatic hydroxyl groups is 1. The summed E-state index contributed by atoms with van der Waals surface area (Å²) in [5, 5.41) is 9.46. The lowest BCUT2D eigenvalue weighted by molar-refractivity contribution is 0.0550. The van der Waals surface area contributed by atoms with Crippen molar-refractivity contribution in [3.8, 4) is 11.4 Å². The predicted molar refractivity (Wildman–Crippen MR) is 78.6 cm³/mol. The minimum Gasteiger partial charge on any atom is -0.458 e. The highest BCUT2D eigenvalue weighted by Crippen LogP contribution is 2.21. The van der Waals surface area contributed by atoms with Crippen molar-refractivity contribution in [2.75, 3.05) is 6.61 Å². The Hall–Kier alpha value is -2.53. The Labute approximate surface area is 122 Å². The average Bonchev–Trinajstić information content (AvgIpc) is 2.52. The van der Waals surface area contributed by atoms with Crippen LogP contribution in [0.2, 0.25) is 0 Å². The Morgan fingerprint density at radius 2 is 2.05 bits per heavy atom. The van der Waals surface area contributed by atoms with Crippen molar-refractivity contribution < 1.29 is 14.6 Å². The summed E-state index contributed by atoms with van der Waals surface area (Å²) in [6, 6.07) is 6.96. The maximum atomic E-state index is 12.0. The SMILES string of the molecule is C=CCOC(=O)c1ccccc1-c1ncc(C(C)O)cn1. The zero-order valence-electron chi connectivity index (χ0n) is 11.7. The van der Waals surface area contributed by atoms with Crippen LogP contribution in [0.3, 0.4) is 0 Å². The minimum absolute atomic E-state index is 0.148. The van der Waals surface area contributed by atoms with Gasteiger partial charge < -0.3 is 9.84 Å². The lowest BCUT2D eigenvalue weighted by Gasteiger charge is -2.09. The molecule has 0 saturated heterocycles. The lowest BCUT2D eigenvalue weighted by atomic mass is 10.1. The van der Waals surface area contributed by atoms with Crippen molar-refractivity contribution in [1.82, 2.24) is 9.97 Å². The molecule has 1 atom stereocenters. The Morgan fingerprint density at radius 3 is 2.67 bits per heavy atom.